The van der Waals surface area contributed by atoms with Crippen LogP contribution in [0.3, 0.4) is 0 Å². The lowest BCUT2D eigenvalue weighted by molar-refractivity contribution is -0.384. The zero-order valence-electron chi connectivity index (χ0n) is 19.1. The topological polar surface area (TPSA) is 128 Å². The third kappa shape index (κ3) is 5.55. The van der Waals surface area contributed by atoms with Crippen LogP contribution in [0.15, 0.2) is 66.2 Å². The van der Waals surface area contributed by atoms with Gasteiger partial charge in [0.05, 0.1) is 17.7 Å². The smallest absolute Gasteiger partial charge is 0.335 e. The molecule has 4 amide bonds. The normalized spacial score (nSPS) is 14.5. The van der Waals surface area contributed by atoms with Crippen molar-refractivity contribution in [3.8, 4) is 11.5 Å². The molecule has 0 unspecified atom stereocenters. The van der Waals surface area contributed by atoms with Crippen molar-refractivity contribution >= 4 is 58.5 Å². The number of hydrogen-bond donors (Lipinski definition) is 1. The Morgan fingerprint density at radius 2 is 1.84 bits per heavy atom. The van der Waals surface area contributed by atoms with Gasteiger partial charge in [0, 0.05) is 39.4 Å². The molecule has 1 heterocycles. The molecule has 1 aliphatic rings. The van der Waals surface area contributed by atoms with Crippen molar-refractivity contribution in [2.24, 2.45) is 0 Å². The molecular weight excluding hydrogens is 525 g/mol. The summed E-state index contributed by atoms with van der Waals surface area (Å²) in [4.78, 5) is 49.5. The van der Waals surface area contributed by atoms with Gasteiger partial charge in [-0.3, -0.25) is 25.0 Å². The fourth-order valence-electron chi connectivity index (χ4n) is 3.47. The molecule has 0 spiro atoms. The molecule has 0 bridgehead atoms. The molecule has 4 rings (SSSR count). The van der Waals surface area contributed by atoms with Crippen molar-refractivity contribution < 1.29 is 28.8 Å². The number of methoxy groups -OCH3 is 1. The number of carbonyl (C=O) groups is 3. The molecule has 0 saturated carbocycles. The van der Waals surface area contributed by atoms with Crippen LogP contribution in [-0.4, -0.2) is 29.9 Å². The molecular formula is C25H17Cl2N3O7. The average Bonchev–Trinajstić information content (AvgIpc) is 2.86. The van der Waals surface area contributed by atoms with Crippen LogP contribution < -0.4 is 19.7 Å². The Morgan fingerprint density at radius 3 is 2.54 bits per heavy atom. The predicted molar refractivity (Wildman–Crippen MR) is 136 cm³/mol. The molecule has 0 aliphatic carbocycles. The number of benzene rings is 3. The average molecular weight is 542 g/mol. The van der Waals surface area contributed by atoms with E-state index in [4.69, 9.17) is 32.7 Å². The number of nitro benzene ring substituents is 1. The molecule has 12 heteroatoms. The van der Waals surface area contributed by atoms with Gasteiger partial charge in [0.25, 0.3) is 17.5 Å². The van der Waals surface area contributed by atoms with Gasteiger partial charge < -0.3 is 9.47 Å². The van der Waals surface area contributed by atoms with Crippen molar-refractivity contribution in [3.63, 3.8) is 0 Å². The van der Waals surface area contributed by atoms with Crippen LogP contribution >= 0.6 is 23.2 Å². The minimum atomic E-state index is -1.03. The number of anilines is 1. The van der Waals surface area contributed by atoms with Crippen molar-refractivity contribution in [1.29, 1.82) is 0 Å². The van der Waals surface area contributed by atoms with Crippen molar-refractivity contribution in [2.45, 2.75) is 6.61 Å². The van der Waals surface area contributed by atoms with E-state index in [-0.39, 0.29) is 29.3 Å². The minimum Gasteiger partial charge on any atom is -0.497 e. The zero-order chi connectivity index (χ0) is 26.7. The molecule has 37 heavy (non-hydrogen) atoms. The summed E-state index contributed by atoms with van der Waals surface area (Å²) in [6.45, 7) is 0.0395. The molecule has 188 valence electrons. The summed E-state index contributed by atoms with van der Waals surface area (Å²) in [6, 6.07) is 13.6. The van der Waals surface area contributed by atoms with E-state index in [1.54, 1.807) is 36.4 Å². The van der Waals surface area contributed by atoms with Crippen LogP contribution in [0.5, 0.6) is 11.5 Å². The van der Waals surface area contributed by atoms with Gasteiger partial charge in [-0.05, 0) is 36.4 Å². The summed E-state index contributed by atoms with van der Waals surface area (Å²) >= 11 is 12.2. The maximum atomic E-state index is 13.2. The number of amides is 4. The van der Waals surface area contributed by atoms with E-state index < -0.39 is 22.8 Å². The summed E-state index contributed by atoms with van der Waals surface area (Å²) in [6.07, 6.45) is 1.26. The Labute approximate surface area is 220 Å². The summed E-state index contributed by atoms with van der Waals surface area (Å²) in [5.74, 6) is -1.18. The second-order valence-electron chi connectivity index (χ2n) is 7.66. The number of hydrogen-bond acceptors (Lipinski definition) is 7. The highest BCUT2D eigenvalue weighted by atomic mass is 35.5. The molecule has 1 aliphatic heterocycles. The van der Waals surface area contributed by atoms with Crippen LogP contribution in [0.1, 0.15) is 11.1 Å². The number of non-ortho nitro benzene ring substituents is 1. The third-order valence-electron chi connectivity index (χ3n) is 5.32. The SMILES string of the molecule is COc1ccc(/C=C2\C(=O)NC(=O)N(c3cccc([N+](=O)[O-])c3)C2=O)c(OCc2ccc(Cl)cc2Cl)c1. The summed E-state index contributed by atoms with van der Waals surface area (Å²) < 4.78 is 11.2. The van der Waals surface area contributed by atoms with E-state index >= 15 is 0 Å². The van der Waals surface area contributed by atoms with E-state index in [1.165, 1.54) is 31.4 Å². The minimum absolute atomic E-state index is 0.0395. The third-order valence-corrected chi connectivity index (χ3v) is 5.91. The number of urea groups is 1. The molecule has 1 saturated heterocycles. The lowest BCUT2D eigenvalue weighted by Gasteiger charge is -2.26. The van der Waals surface area contributed by atoms with E-state index in [0.29, 0.717) is 31.8 Å². The monoisotopic (exact) mass is 541 g/mol. The Bertz CT molecular complexity index is 1470. The summed E-state index contributed by atoms with van der Waals surface area (Å²) in [5.41, 5.74) is 0.190. The maximum Gasteiger partial charge on any atom is 0.335 e. The van der Waals surface area contributed by atoms with Crippen LogP contribution in [0.25, 0.3) is 6.08 Å². The number of nitrogens with one attached hydrogen (secondary N) is 1. The Morgan fingerprint density at radius 1 is 1.05 bits per heavy atom. The van der Waals surface area contributed by atoms with E-state index in [1.807, 2.05) is 0 Å². The summed E-state index contributed by atoms with van der Waals surface area (Å²) in [5, 5.41) is 14.1. The second-order valence-corrected chi connectivity index (χ2v) is 8.51. The van der Waals surface area contributed by atoms with Gasteiger partial charge in [-0.15, -0.1) is 0 Å². The van der Waals surface area contributed by atoms with Crippen LogP contribution in [0.2, 0.25) is 10.0 Å². The summed E-state index contributed by atoms with van der Waals surface area (Å²) in [7, 11) is 1.47. The van der Waals surface area contributed by atoms with Crippen LogP contribution in [-0.2, 0) is 16.2 Å². The fraction of sp³-hybridized carbons (Fsp3) is 0.0800. The van der Waals surface area contributed by atoms with Crippen molar-refractivity contribution in [2.75, 3.05) is 12.0 Å². The van der Waals surface area contributed by atoms with Gasteiger partial charge in [-0.25, -0.2) is 9.69 Å². The van der Waals surface area contributed by atoms with E-state index in [2.05, 4.69) is 5.32 Å². The molecule has 0 atom stereocenters. The number of nitrogens with zero attached hydrogens (tertiary/aromatic N) is 2. The van der Waals surface area contributed by atoms with Gasteiger partial charge in [-0.1, -0.05) is 35.3 Å². The molecule has 3 aromatic carbocycles. The van der Waals surface area contributed by atoms with Crippen LogP contribution in [0.4, 0.5) is 16.2 Å². The maximum absolute atomic E-state index is 13.2. The predicted octanol–water partition coefficient (Wildman–Crippen LogP) is 5.16. The van der Waals surface area contributed by atoms with Gasteiger partial charge >= 0.3 is 6.03 Å². The van der Waals surface area contributed by atoms with Crippen molar-refractivity contribution in [3.05, 3.63) is 97.5 Å². The zero-order valence-corrected chi connectivity index (χ0v) is 20.6. The first kappa shape index (κ1) is 25.7. The first-order valence-electron chi connectivity index (χ1n) is 10.6. The van der Waals surface area contributed by atoms with E-state index in [0.717, 1.165) is 6.07 Å². The quantitative estimate of drug-likeness (QED) is 0.189. The van der Waals surface area contributed by atoms with Gasteiger partial charge in [0.2, 0.25) is 0 Å². The number of rotatable bonds is 7. The second kappa shape index (κ2) is 10.7. The first-order chi connectivity index (χ1) is 17.7. The number of halogens is 2. The number of nitro groups is 1. The van der Waals surface area contributed by atoms with Gasteiger partial charge in [-0.2, -0.15) is 0 Å². The lowest BCUT2D eigenvalue weighted by Crippen LogP contribution is -2.54. The van der Waals surface area contributed by atoms with E-state index in [9.17, 15) is 24.5 Å². The molecule has 10 nitrogen and oxygen atoms in total. The Kier molecular flexibility index (Phi) is 7.42. The largest absolute Gasteiger partial charge is 0.497 e. The molecule has 0 radical (unpaired) electrons. The highest BCUT2D eigenvalue weighted by Gasteiger charge is 2.37. The standard InChI is InChI=1S/C25H17Cl2N3O7/c1-36-19-8-6-14(22(12-19)37-13-15-5-7-16(26)10-21(15)27)9-20-23(31)28-25(33)29(24(20)32)17-3-2-4-18(11-17)30(34)35/h2-12H,13H2,1H3,(H,28,31,33)/b20-9+. The highest BCUT2D eigenvalue weighted by molar-refractivity contribution is 6.39. The molecule has 3 aromatic rings. The number of carbonyl (C=O) groups excluding carboxylic acids is 3. The van der Waals surface area contributed by atoms with Crippen LogP contribution in [0, 0.1) is 10.1 Å². The molecule has 1 fully saturated rings. The first-order valence-corrected chi connectivity index (χ1v) is 11.3. The number of ether oxygens (including phenoxy) is 2. The Hall–Kier alpha value is -4.41. The highest BCUT2D eigenvalue weighted by Crippen LogP contribution is 2.31. The Balaban J connectivity index is 1.70. The number of imide groups is 2. The number of barbiturate groups is 1. The van der Waals surface area contributed by atoms with Gasteiger partial charge in [0.15, 0.2) is 0 Å². The van der Waals surface area contributed by atoms with Gasteiger partial charge in [0.1, 0.15) is 23.7 Å². The molecule has 1 N–H and O–H groups in total. The fourth-order valence-corrected chi connectivity index (χ4v) is 3.94. The van der Waals surface area contributed by atoms with Crippen molar-refractivity contribution in [1.82, 2.24) is 5.32 Å². The lowest BCUT2D eigenvalue weighted by atomic mass is 10.1. The molecule has 0 aromatic heterocycles.